The second-order valence-corrected chi connectivity index (χ2v) is 38.4. The van der Waals surface area contributed by atoms with Crippen molar-refractivity contribution in [3.8, 4) is 9.75 Å². The summed E-state index contributed by atoms with van der Waals surface area (Å²) >= 11 is 6.16. The topological polar surface area (TPSA) is 0 Å². The van der Waals surface area contributed by atoms with Crippen LogP contribution in [0.1, 0.15) is 79.1 Å². The van der Waals surface area contributed by atoms with Gasteiger partial charge in [0.2, 0.25) is 0 Å². The molecule has 0 radical (unpaired) electrons. The van der Waals surface area contributed by atoms with Crippen molar-refractivity contribution in [2.24, 2.45) is 11.8 Å². The predicted molar refractivity (Wildman–Crippen MR) is 206 cm³/mol. The Kier molecular flexibility index (Phi) is 10.0. The Morgan fingerprint density at radius 1 is 0.610 bits per heavy atom. The summed E-state index contributed by atoms with van der Waals surface area (Å²) in [4.78, 5) is 3.50. The summed E-state index contributed by atoms with van der Waals surface area (Å²) in [5.74, 6) is 1.77. The quantitative estimate of drug-likeness (QED) is 0.114. The van der Waals surface area contributed by atoms with Crippen LogP contribution in [-0.4, -0.2) is 29.4 Å². The maximum absolute atomic E-state index is 2.74. The van der Waals surface area contributed by atoms with Gasteiger partial charge in [0, 0.05) is 0 Å². The Labute approximate surface area is 271 Å². The first-order chi connectivity index (χ1) is 19.4. The van der Waals surface area contributed by atoms with E-state index in [1.54, 1.807) is 37.6 Å². The molecule has 0 saturated carbocycles. The SMILES string of the molecule is CCCCC(CC)[CH2][Ge]1([CH2]C(CC)CCCC)[c]2c(sc3cc([Si](C)(C)C)sc23)-c2sc3cc([Si](C)(C)C)sc3[c]21. The number of fused-ring (bicyclic) bond motifs is 7. The van der Waals surface area contributed by atoms with E-state index in [0.717, 1.165) is 11.8 Å². The zero-order valence-electron chi connectivity index (χ0n) is 27.5. The molecule has 0 saturated heterocycles. The molecule has 2 atom stereocenters. The van der Waals surface area contributed by atoms with E-state index in [0.29, 0.717) is 0 Å². The van der Waals surface area contributed by atoms with Gasteiger partial charge < -0.3 is 0 Å². The minimum atomic E-state index is -2.74. The van der Waals surface area contributed by atoms with Crippen LogP contribution < -0.4 is 17.8 Å². The van der Waals surface area contributed by atoms with Gasteiger partial charge >= 0.3 is 274 Å². The molecule has 0 bridgehead atoms. The van der Waals surface area contributed by atoms with Gasteiger partial charge in [0.05, 0.1) is 0 Å². The summed E-state index contributed by atoms with van der Waals surface area (Å²) < 4.78 is 14.2. The number of thiophene rings is 4. The van der Waals surface area contributed by atoms with Crippen LogP contribution in [0.3, 0.4) is 0 Å². The fraction of sp³-hybridized carbons (Fsp3) is 0.647. The van der Waals surface area contributed by atoms with Gasteiger partial charge in [-0.05, 0) is 0 Å². The molecule has 2 unspecified atom stereocenters. The molecule has 4 aromatic heterocycles. The second-order valence-electron chi connectivity index (χ2n) is 15.0. The summed E-state index contributed by atoms with van der Waals surface area (Å²) in [7, 11) is -2.68. The van der Waals surface area contributed by atoms with Crippen molar-refractivity contribution in [3.05, 3.63) is 12.1 Å². The molecule has 41 heavy (non-hydrogen) atoms. The maximum atomic E-state index is 2.66. The van der Waals surface area contributed by atoms with Crippen molar-refractivity contribution in [2.45, 2.75) is 129 Å². The van der Waals surface area contributed by atoms with Crippen LogP contribution in [0.25, 0.3) is 28.6 Å². The van der Waals surface area contributed by atoms with Crippen molar-refractivity contribution in [1.82, 2.24) is 0 Å². The van der Waals surface area contributed by atoms with Gasteiger partial charge in [-0.1, -0.05) is 0 Å². The van der Waals surface area contributed by atoms with E-state index in [4.69, 9.17) is 0 Å². The van der Waals surface area contributed by atoms with Gasteiger partial charge in [0.15, 0.2) is 0 Å². The summed E-state index contributed by atoms with van der Waals surface area (Å²) in [5.41, 5.74) is 0. The van der Waals surface area contributed by atoms with E-state index in [-0.39, 0.29) is 0 Å². The van der Waals surface area contributed by atoms with Crippen molar-refractivity contribution >= 4 is 111 Å². The van der Waals surface area contributed by atoms with E-state index in [9.17, 15) is 0 Å². The first-order valence-corrected chi connectivity index (χ1v) is 31.9. The van der Waals surface area contributed by atoms with E-state index >= 15 is 0 Å². The standard InChI is InChI=1S/C34H54GeS4Si2/c1-11-15-17-23(13-3)21-35(22-24(14-4)18-16-12-2)29-31-25(19-27(38-31)40(5,6)7)36-33(29)34-30(35)32-26(37-34)20-28(39-32)41(8,9)10/h19-20,23-24H,11-18,21-22H2,1-10H3. The molecule has 1 aliphatic rings. The third-order valence-electron chi connectivity index (χ3n) is 9.73. The van der Waals surface area contributed by atoms with Crippen LogP contribution in [0, 0.1) is 11.8 Å². The Bertz CT molecular complexity index is 1380. The average Bonchev–Trinajstić information content (AvgIpc) is 3.67. The number of rotatable bonds is 14. The van der Waals surface area contributed by atoms with Gasteiger partial charge in [-0.25, -0.2) is 0 Å². The summed E-state index contributed by atoms with van der Waals surface area (Å²) in [6.45, 7) is 25.1. The van der Waals surface area contributed by atoms with Gasteiger partial charge in [0.1, 0.15) is 0 Å². The molecule has 0 aromatic carbocycles. The number of hydrogen-bond acceptors (Lipinski definition) is 4. The molecule has 0 spiro atoms. The molecule has 5 heterocycles. The normalized spacial score (nSPS) is 16.5. The third-order valence-corrected chi connectivity index (χ3v) is 34.9. The molecule has 0 aliphatic carbocycles. The van der Waals surface area contributed by atoms with Gasteiger partial charge in [-0.2, -0.15) is 0 Å². The molecule has 226 valence electrons. The summed E-state index contributed by atoms with van der Waals surface area (Å²) in [6, 6.07) is 5.31. The van der Waals surface area contributed by atoms with E-state index in [1.165, 1.54) is 61.9 Å². The van der Waals surface area contributed by atoms with Crippen LogP contribution in [0.15, 0.2) is 12.1 Å². The third kappa shape index (κ3) is 6.12. The number of unbranched alkanes of at least 4 members (excludes halogenated alkanes) is 2. The van der Waals surface area contributed by atoms with Crippen LogP contribution in [0.5, 0.6) is 0 Å². The molecule has 4 aromatic rings. The van der Waals surface area contributed by atoms with E-state index < -0.39 is 29.4 Å². The van der Waals surface area contributed by atoms with Crippen LogP contribution in [0.2, 0.25) is 49.8 Å². The van der Waals surface area contributed by atoms with Crippen molar-refractivity contribution < 1.29 is 0 Å². The predicted octanol–water partition coefficient (Wildman–Crippen LogP) is 11.3. The number of hydrogen-bond donors (Lipinski definition) is 0. The van der Waals surface area contributed by atoms with Gasteiger partial charge in [0.25, 0.3) is 0 Å². The molecule has 1 aliphatic heterocycles. The van der Waals surface area contributed by atoms with Crippen molar-refractivity contribution in [2.75, 3.05) is 0 Å². The average molecular weight is 720 g/mol. The van der Waals surface area contributed by atoms with Crippen LogP contribution in [-0.2, 0) is 0 Å². The minimum absolute atomic E-state index is 0.884. The molecular formula is C34H54GeS4Si2. The Balaban J connectivity index is 1.80. The van der Waals surface area contributed by atoms with E-state index in [1.807, 2.05) is 8.79 Å². The second kappa shape index (κ2) is 12.6. The first kappa shape index (κ1) is 32.7. The summed E-state index contributed by atoms with van der Waals surface area (Å²) in [5, 5.41) is 3.08. The van der Waals surface area contributed by atoms with Crippen LogP contribution in [0.4, 0.5) is 0 Å². The van der Waals surface area contributed by atoms with E-state index in [2.05, 4.69) is 124 Å². The van der Waals surface area contributed by atoms with Crippen molar-refractivity contribution in [3.63, 3.8) is 0 Å². The first-order valence-electron chi connectivity index (χ1n) is 16.5. The Morgan fingerprint density at radius 3 is 1.32 bits per heavy atom. The fourth-order valence-corrected chi connectivity index (χ4v) is 35.8. The Hall–Kier alpha value is 0.297. The zero-order chi connectivity index (χ0) is 29.7. The monoisotopic (exact) mass is 720 g/mol. The molecule has 0 fully saturated rings. The van der Waals surface area contributed by atoms with Gasteiger partial charge in [-0.3, -0.25) is 0 Å². The van der Waals surface area contributed by atoms with Gasteiger partial charge in [-0.15, -0.1) is 0 Å². The molecule has 5 rings (SSSR count). The fourth-order valence-electron chi connectivity index (χ4n) is 7.19. The van der Waals surface area contributed by atoms with Crippen molar-refractivity contribution in [1.29, 1.82) is 0 Å². The zero-order valence-corrected chi connectivity index (χ0v) is 34.9. The summed E-state index contributed by atoms with van der Waals surface area (Å²) in [6.07, 6.45) is 11.1. The molecular weight excluding hydrogens is 665 g/mol. The molecule has 7 heteroatoms. The molecule has 0 nitrogen and oxygen atoms in total. The Morgan fingerprint density at radius 2 is 1.00 bits per heavy atom. The van der Waals surface area contributed by atoms with Crippen LogP contribution >= 0.6 is 45.3 Å². The molecule has 0 amide bonds. The molecule has 0 N–H and O–H groups in total.